The van der Waals surface area contributed by atoms with Crippen molar-refractivity contribution < 1.29 is 4.79 Å². The number of nitrogens with zero attached hydrogens (tertiary/aromatic N) is 3. The predicted octanol–water partition coefficient (Wildman–Crippen LogP) is 2.20. The summed E-state index contributed by atoms with van der Waals surface area (Å²) >= 11 is 0. The zero-order valence-electron chi connectivity index (χ0n) is 15.0. The summed E-state index contributed by atoms with van der Waals surface area (Å²) < 4.78 is 0. The van der Waals surface area contributed by atoms with E-state index in [4.69, 9.17) is 0 Å². The number of benzene rings is 1. The number of aromatic nitrogens is 2. The highest BCUT2D eigenvalue weighted by molar-refractivity contribution is 5.92. The van der Waals surface area contributed by atoms with Crippen LogP contribution in [-0.4, -0.2) is 54.7 Å². The highest BCUT2D eigenvalue weighted by Gasteiger charge is 2.07. The van der Waals surface area contributed by atoms with Crippen LogP contribution in [0.4, 0.5) is 5.82 Å². The van der Waals surface area contributed by atoms with Gasteiger partial charge in [0.2, 0.25) is 0 Å². The van der Waals surface area contributed by atoms with Crippen LogP contribution < -0.4 is 10.6 Å². The van der Waals surface area contributed by atoms with Gasteiger partial charge in [0.05, 0.1) is 0 Å². The molecule has 0 fully saturated rings. The molecule has 134 valence electrons. The molecule has 0 aliphatic carbocycles. The van der Waals surface area contributed by atoms with Crippen molar-refractivity contribution in [3.63, 3.8) is 0 Å². The van der Waals surface area contributed by atoms with Gasteiger partial charge in [-0.15, -0.1) is 10.2 Å². The lowest BCUT2D eigenvalue weighted by molar-refractivity contribution is 0.0947. The fourth-order valence-corrected chi connectivity index (χ4v) is 2.39. The molecule has 1 aromatic carbocycles. The molecule has 2 aromatic rings. The normalized spacial score (nSPS) is 10.7. The predicted molar refractivity (Wildman–Crippen MR) is 101 cm³/mol. The highest BCUT2D eigenvalue weighted by atomic mass is 16.1. The van der Waals surface area contributed by atoms with E-state index >= 15 is 0 Å². The van der Waals surface area contributed by atoms with E-state index in [1.807, 2.05) is 32.3 Å². The minimum atomic E-state index is -0.181. The SMILES string of the molecule is CN(C)CCCNc1ccc(C(=O)NCCCc2ccccc2)nn1. The summed E-state index contributed by atoms with van der Waals surface area (Å²) in [5.74, 6) is 0.513. The Hall–Kier alpha value is -2.47. The first-order valence-electron chi connectivity index (χ1n) is 8.69. The first-order chi connectivity index (χ1) is 12.1. The molecule has 0 aliphatic rings. The zero-order valence-corrected chi connectivity index (χ0v) is 15.0. The number of aryl methyl sites for hydroxylation is 1. The smallest absolute Gasteiger partial charge is 0.271 e. The van der Waals surface area contributed by atoms with Gasteiger partial charge in [-0.2, -0.15) is 0 Å². The molecule has 2 N–H and O–H groups in total. The van der Waals surface area contributed by atoms with Crippen molar-refractivity contribution in [2.75, 3.05) is 39.0 Å². The van der Waals surface area contributed by atoms with E-state index in [1.165, 1.54) is 5.56 Å². The first kappa shape index (κ1) is 18.9. The second-order valence-corrected chi connectivity index (χ2v) is 6.23. The minimum absolute atomic E-state index is 0.181. The van der Waals surface area contributed by atoms with E-state index in [9.17, 15) is 4.79 Å². The van der Waals surface area contributed by atoms with E-state index in [1.54, 1.807) is 12.1 Å². The van der Waals surface area contributed by atoms with Crippen LogP contribution in [0, 0.1) is 0 Å². The lowest BCUT2D eigenvalue weighted by Gasteiger charge is -2.10. The Kier molecular flexibility index (Phi) is 7.85. The molecule has 0 saturated heterocycles. The van der Waals surface area contributed by atoms with Gasteiger partial charge in [-0.05, 0) is 57.6 Å². The van der Waals surface area contributed by atoms with Crippen molar-refractivity contribution in [2.24, 2.45) is 0 Å². The average molecular weight is 341 g/mol. The molecule has 25 heavy (non-hydrogen) atoms. The first-order valence-corrected chi connectivity index (χ1v) is 8.69. The third-order valence-electron chi connectivity index (χ3n) is 3.76. The maximum absolute atomic E-state index is 12.1. The Morgan fingerprint density at radius 2 is 1.80 bits per heavy atom. The van der Waals surface area contributed by atoms with Crippen LogP contribution >= 0.6 is 0 Å². The second kappa shape index (κ2) is 10.4. The maximum Gasteiger partial charge on any atom is 0.271 e. The van der Waals surface area contributed by atoms with Crippen molar-refractivity contribution in [3.05, 3.63) is 53.7 Å². The second-order valence-electron chi connectivity index (χ2n) is 6.23. The molecule has 2 rings (SSSR count). The van der Waals surface area contributed by atoms with Crippen molar-refractivity contribution in [3.8, 4) is 0 Å². The van der Waals surface area contributed by atoms with Gasteiger partial charge in [0, 0.05) is 13.1 Å². The van der Waals surface area contributed by atoms with Gasteiger partial charge in [0.1, 0.15) is 5.82 Å². The maximum atomic E-state index is 12.1. The van der Waals surface area contributed by atoms with Crippen LogP contribution in [0.2, 0.25) is 0 Å². The number of hydrogen-bond acceptors (Lipinski definition) is 5. The monoisotopic (exact) mass is 341 g/mol. The Balaban J connectivity index is 1.67. The lowest BCUT2D eigenvalue weighted by atomic mass is 10.1. The van der Waals surface area contributed by atoms with Crippen molar-refractivity contribution in [1.82, 2.24) is 20.4 Å². The summed E-state index contributed by atoms with van der Waals surface area (Å²) in [4.78, 5) is 14.2. The van der Waals surface area contributed by atoms with Gasteiger partial charge in [-0.1, -0.05) is 30.3 Å². The summed E-state index contributed by atoms with van der Waals surface area (Å²) in [6.45, 7) is 2.47. The number of carbonyl (C=O) groups is 1. The van der Waals surface area contributed by atoms with Gasteiger partial charge < -0.3 is 15.5 Å². The summed E-state index contributed by atoms with van der Waals surface area (Å²) in [5, 5.41) is 14.1. The quantitative estimate of drug-likeness (QED) is 0.648. The molecule has 0 aliphatic heterocycles. The van der Waals surface area contributed by atoms with Crippen LogP contribution in [-0.2, 0) is 6.42 Å². The Morgan fingerprint density at radius 1 is 1.00 bits per heavy atom. The summed E-state index contributed by atoms with van der Waals surface area (Å²) in [6.07, 6.45) is 2.87. The molecular weight excluding hydrogens is 314 g/mol. The summed E-state index contributed by atoms with van der Waals surface area (Å²) in [5.41, 5.74) is 1.62. The van der Waals surface area contributed by atoms with Crippen LogP contribution in [0.25, 0.3) is 0 Å². The van der Waals surface area contributed by atoms with Gasteiger partial charge >= 0.3 is 0 Å². The molecule has 0 saturated carbocycles. The average Bonchev–Trinajstić information content (AvgIpc) is 2.63. The summed E-state index contributed by atoms with van der Waals surface area (Å²) in [7, 11) is 4.10. The fraction of sp³-hybridized carbons (Fsp3) is 0.421. The topological polar surface area (TPSA) is 70.2 Å². The molecule has 6 heteroatoms. The van der Waals surface area contributed by atoms with Gasteiger partial charge in [0.15, 0.2) is 5.69 Å². The number of carbonyl (C=O) groups excluding carboxylic acids is 1. The van der Waals surface area contributed by atoms with E-state index in [2.05, 4.69) is 37.9 Å². The zero-order chi connectivity index (χ0) is 17.9. The molecule has 0 spiro atoms. The minimum Gasteiger partial charge on any atom is -0.369 e. The van der Waals surface area contributed by atoms with Crippen molar-refractivity contribution in [1.29, 1.82) is 0 Å². The Morgan fingerprint density at radius 3 is 2.48 bits per heavy atom. The van der Waals surface area contributed by atoms with Gasteiger partial charge in [-0.25, -0.2) is 0 Å². The van der Waals surface area contributed by atoms with E-state index < -0.39 is 0 Å². The molecule has 0 unspecified atom stereocenters. The molecular formula is C19H27N5O. The van der Waals surface area contributed by atoms with Gasteiger partial charge in [-0.3, -0.25) is 4.79 Å². The molecule has 0 atom stereocenters. The molecule has 0 radical (unpaired) electrons. The fourth-order valence-electron chi connectivity index (χ4n) is 2.39. The Bertz CT molecular complexity index is 628. The third kappa shape index (κ3) is 7.30. The Labute approximate surface area is 149 Å². The van der Waals surface area contributed by atoms with Crippen LogP contribution in [0.5, 0.6) is 0 Å². The van der Waals surface area contributed by atoms with Crippen LogP contribution in [0.3, 0.4) is 0 Å². The number of anilines is 1. The molecule has 1 heterocycles. The standard InChI is InChI=1S/C19H27N5O/c1-24(2)15-7-14-20-18-12-11-17(22-23-18)19(25)21-13-6-10-16-8-4-3-5-9-16/h3-5,8-9,11-12H,6-7,10,13-15H2,1-2H3,(H,20,23)(H,21,25). The molecule has 1 aromatic heterocycles. The van der Waals surface area contributed by atoms with Crippen molar-refractivity contribution in [2.45, 2.75) is 19.3 Å². The van der Waals surface area contributed by atoms with Crippen LogP contribution in [0.15, 0.2) is 42.5 Å². The number of rotatable bonds is 10. The van der Waals surface area contributed by atoms with Gasteiger partial charge in [0.25, 0.3) is 5.91 Å². The lowest BCUT2D eigenvalue weighted by Crippen LogP contribution is -2.26. The molecule has 0 bridgehead atoms. The van der Waals surface area contributed by atoms with E-state index in [0.29, 0.717) is 18.1 Å². The largest absolute Gasteiger partial charge is 0.369 e. The van der Waals surface area contributed by atoms with E-state index in [-0.39, 0.29) is 5.91 Å². The van der Waals surface area contributed by atoms with Crippen molar-refractivity contribution >= 4 is 11.7 Å². The summed E-state index contributed by atoms with van der Waals surface area (Å²) in [6, 6.07) is 13.7. The highest BCUT2D eigenvalue weighted by Crippen LogP contribution is 2.04. The van der Waals surface area contributed by atoms with Crippen LogP contribution in [0.1, 0.15) is 28.9 Å². The number of nitrogens with one attached hydrogen (secondary N) is 2. The third-order valence-corrected chi connectivity index (χ3v) is 3.76. The number of hydrogen-bond donors (Lipinski definition) is 2. The van der Waals surface area contributed by atoms with E-state index in [0.717, 1.165) is 32.4 Å². The molecule has 6 nitrogen and oxygen atoms in total. The number of amides is 1. The molecule has 1 amide bonds.